The molecule has 2 aromatic rings. The number of rotatable bonds is 5. The van der Waals surface area contributed by atoms with Crippen molar-refractivity contribution in [3.8, 4) is 17.4 Å². The average molecular weight is 258 g/mol. The van der Waals surface area contributed by atoms with Crippen LogP contribution in [0.2, 0.25) is 0 Å². The summed E-state index contributed by atoms with van der Waals surface area (Å²) in [5.74, 6) is 2.69. The Morgan fingerprint density at radius 3 is 2.68 bits per heavy atom. The summed E-state index contributed by atoms with van der Waals surface area (Å²) in [6.07, 6.45) is 0.962. The quantitative estimate of drug-likeness (QED) is 0.891. The van der Waals surface area contributed by atoms with E-state index in [9.17, 15) is 0 Å². The Balaban J connectivity index is 2.26. The van der Waals surface area contributed by atoms with Gasteiger partial charge in [-0.05, 0) is 30.2 Å². The second-order valence-electron chi connectivity index (χ2n) is 4.05. The van der Waals surface area contributed by atoms with Gasteiger partial charge in [0.25, 0.3) is 0 Å². The zero-order valence-corrected chi connectivity index (χ0v) is 11.4. The predicted molar refractivity (Wildman–Crippen MR) is 76.2 cm³/mol. The van der Waals surface area contributed by atoms with Crippen LogP contribution in [0.3, 0.4) is 0 Å². The number of anilines is 1. The third-order valence-electron chi connectivity index (χ3n) is 2.83. The molecule has 0 radical (unpaired) electrons. The van der Waals surface area contributed by atoms with Crippen molar-refractivity contribution in [2.75, 3.05) is 19.5 Å². The Hall–Kier alpha value is -2.23. The van der Waals surface area contributed by atoms with Gasteiger partial charge in [-0.15, -0.1) is 0 Å². The van der Waals surface area contributed by atoms with E-state index in [1.54, 1.807) is 7.11 Å². The molecule has 0 unspecified atom stereocenters. The number of ether oxygens (including phenoxy) is 2. The van der Waals surface area contributed by atoms with Crippen molar-refractivity contribution in [3.05, 3.63) is 42.0 Å². The third kappa shape index (κ3) is 3.16. The van der Waals surface area contributed by atoms with E-state index in [0.29, 0.717) is 11.6 Å². The summed E-state index contributed by atoms with van der Waals surface area (Å²) in [5, 5.41) is 2.98. The van der Waals surface area contributed by atoms with Gasteiger partial charge in [0, 0.05) is 13.1 Å². The van der Waals surface area contributed by atoms with Crippen LogP contribution in [-0.2, 0) is 6.42 Å². The van der Waals surface area contributed by atoms with E-state index in [1.165, 1.54) is 5.56 Å². The van der Waals surface area contributed by atoms with Crippen molar-refractivity contribution in [2.24, 2.45) is 0 Å². The highest BCUT2D eigenvalue weighted by atomic mass is 16.5. The minimum atomic E-state index is 0.536. The Kier molecular flexibility index (Phi) is 4.23. The van der Waals surface area contributed by atoms with Crippen LogP contribution in [0.5, 0.6) is 17.4 Å². The molecular weight excluding hydrogens is 240 g/mol. The van der Waals surface area contributed by atoms with E-state index >= 15 is 0 Å². The van der Waals surface area contributed by atoms with E-state index < -0.39 is 0 Å². The van der Waals surface area contributed by atoms with E-state index in [2.05, 4.69) is 17.2 Å². The molecule has 4 heteroatoms. The van der Waals surface area contributed by atoms with Crippen molar-refractivity contribution in [1.29, 1.82) is 0 Å². The standard InChI is InChI=1S/C15H18N2O2/c1-4-11-8-9-12(13(10-11)18-3)19-15-7-5-6-14(16-2)17-15/h5-10H,4H2,1-3H3,(H,16,17). The molecule has 0 aliphatic carbocycles. The number of nitrogens with one attached hydrogen (secondary N) is 1. The van der Waals surface area contributed by atoms with Gasteiger partial charge in [0.1, 0.15) is 5.82 Å². The third-order valence-corrected chi connectivity index (χ3v) is 2.83. The molecule has 0 bridgehead atoms. The minimum Gasteiger partial charge on any atom is -0.493 e. The van der Waals surface area contributed by atoms with Crippen LogP contribution in [0.15, 0.2) is 36.4 Å². The summed E-state index contributed by atoms with van der Waals surface area (Å²) in [6.45, 7) is 2.10. The lowest BCUT2D eigenvalue weighted by molar-refractivity contribution is 0.374. The van der Waals surface area contributed by atoms with E-state index in [1.807, 2.05) is 43.4 Å². The number of aryl methyl sites for hydroxylation is 1. The first kappa shape index (κ1) is 13.2. The Labute approximate surface area is 113 Å². The maximum Gasteiger partial charge on any atom is 0.221 e. The highest BCUT2D eigenvalue weighted by Crippen LogP contribution is 2.32. The van der Waals surface area contributed by atoms with Gasteiger partial charge >= 0.3 is 0 Å². The molecule has 0 aliphatic heterocycles. The van der Waals surface area contributed by atoms with Crippen LogP contribution in [-0.4, -0.2) is 19.1 Å². The molecule has 1 N–H and O–H groups in total. The highest BCUT2D eigenvalue weighted by Gasteiger charge is 2.07. The molecular formula is C15H18N2O2. The molecule has 1 heterocycles. The van der Waals surface area contributed by atoms with Gasteiger partial charge in [0.05, 0.1) is 7.11 Å². The first-order valence-electron chi connectivity index (χ1n) is 6.26. The van der Waals surface area contributed by atoms with Gasteiger partial charge in [-0.2, -0.15) is 4.98 Å². The van der Waals surface area contributed by atoms with Crippen LogP contribution in [0, 0.1) is 0 Å². The fourth-order valence-corrected chi connectivity index (χ4v) is 1.74. The molecule has 0 saturated carbocycles. The zero-order valence-electron chi connectivity index (χ0n) is 11.4. The number of hydrogen-bond acceptors (Lipinski definition) is 4. The molecule has 2 rings (SSSR count). The van der Waals surface area contributed by atoms with Gasteiger partial charge < -0.3 is 14.8 Å². The summed E-state index contributed by atoms with van der Waals surface area (Å²) in [5.41, 5.74) is 1.21. The molecule has 1 aromatic heterocycles. The number of benzene rings is 1. The van der Waals surface area contributed by atoms with Crippen molar-refractivity contribution >= 4 is 5.82 Å². The molecule has 0 fully saturated rings. The fourth-order valence-electron chi connectivity index (χ4n) is 1.74. The number of nitrogens with zero attached hydrogens (tertiary/aromatic N) is 1. The van der Waals surface area contributed by atoms with Crippen LogP contribution < -0.4 is 14.8 Å². The smallest absolute Gasteiger partial charge is 0.221 e. The largest absolute Gasteiger partial charge is 0.493 e. The second-order valence-corrected chi connectivity index (χ2v) is 4.05. The molecule has 1 aromatic carbocycles. The Morgan fingerprint density at radius 1 is 1.16 bits per heavy atom. The van der Waals surface area contributed by atoms with Crippen molar-refractivity contribution in [3.63, 3.8) is 0 Å². The topological polar surface area (TPSA) is 43.4 Å². The summed E-state index contributed by atoms with van der Waals surface area (Å²) < 4.78 is 11.1. The molecule has 0 atom stereocenters. The Morgan fingerprint density at radius 2 is 2.00 bits per heavy atom. The number of aromatic nitrogens is 1. The zero-order chi connectivity index (χ0) is 13.7. The summed E-state index contributed by atoms with van der Waals surface area (Å²) in [7, 11) is 3.46. The van der Waals surface area contributed by atoms with E-state index in [-0.39, 0.29) is 0 Å². The number of methoxy groups -OCH3 is 1. The summed E-state index contributed by atoms with van der Waals surface area (Å²) in [4.78, 5) is 4.32. The van der Waals surface area contributed by atoms with Gasteiger partial charge in [-0.25, -0.2) is 0 Å². The van der Waals surface area contributed by atoms with Gasteiger partial charge in [0.2, 0.25) is 5.88 Å². The predicted octanol–water partition coefficient (Wildman–Crippen LogP) is 3.49. The van der Waals surface area contributed by atoms with Gasteiger partial charge in [0.15, 0.2) is 11.5 Å². The highest BCUT2D eigenvalue weighted by molar-refractivity contribution is 5.45. The van der Waals surface area contributed by atoms with Crippen LogP contribution in [0.4, 0.5) is 5.82 Å². The van der Waals surface area contributed by atoms with E-state index in [4.69, 9.17) is 9.47 Å². The minimum absolute atomic E-state index is 0.536. The van der Waals surface area contributed by atoms with Gasteiger partial charge in [-0.3, -0.25) is 0 Å². The molecule has 0 aliphatic rings. The first-order valence-corrected chi connectivity index (χ1v) is 6.26. The maximum absolute atomic E-state index is 5.77. The fraction of sp³-hybridized carbons (Fsp3) is 0.267. The lowest BCUT2D eigenvalue weighted by Gasteiger charge is -2.11. The van der Waals surface area contributed by atoms with Gasteiger partial charge in [-0.1, -0.05) is 19.1 Å². The normalized spacial score (nSPS) is 10.1. The summed E-state index contributed by atoms with van der Waals surface area (Å²) >= 11 is 0. The molecule has 4 nitrogen and oxygen atoms in total. The van der Waals surface area contributed by atoms with E-state index in [0.717, 1.165) is 18.0 Å². The lowest BCUT2D eigenvalue weighted by atomic mass is 10.1. The van der Waals surface area contributed by atoms with Crippen LogP contribution >= 0.6 is 0 Å². The first-order chi connectivity index (χ1) is 9.26. The maximum atomic E-state index is 5.77. The molecule has 0 saturated heterocycles. The lowest BCUT2D eigenvalue weighted by Crippen LogP contribution is -1.96. The molecule has 0 spiro atoms. The van der Waals surface area contributed by atoms with Crippen molar-refractivity contribution in [1.82, 2.24) is 4.98 Å². The SMILES string of the molecule is CCc1ccc(Oc2cccc(NC)n2)c(OC)c1. The number of pyridine rings is 1. The average Bonchev–Trinajstić information content (AvgIpc) is 2.48. The molecule has 19 heavy (non-hydrogen) atoms. The van der Waals surface area contributed by atoms with Crippen LogP contribution in [0.25, 0.3) is 0 Å². The second kappa shape index (κ2) is 6.09. The molecule has 0 amide bonds. The monoisotopic (exact) mass is 258 g/mol. The van der Waals surface area contributed by atoms with Crippen LogP contribution in [0.1, 0.15) is 12.5 Å². The van der Waals surface area contributed by atoms with Crippen molar-refractivity contribution in [2.45, 2.75) is 13.3 Å². The molecule has 100 valence electrons. The number of hydrogen-bond donors (Lipinski definition) is 1. The Bertz CT molecular complexity index is 556. The van der Waals surface area contributed by atoms with Crippen molar-refractivity contribution < 1.29 is 9.47 Å². The summed E-state index contributed by atoms with van der Waals surface area (Å²) in [6, 6.07) is 11.5.